The van der Waals surface area contributed by atoms with E-state index in [4.69, 9.17) is 5.73 Å². The molecule has 0 saturated carbocycles. The number of hydrogen-bond donors (Lipinski definition) is 2. The number of rotatable bonds is 4. The zero-order chi connectivity index (χ0) is 13.1. The summed E-state index contributed by atoms with van der Waals surface area (Å²) in [5.74, 6) is -0.158. The number of anilines is 2. The number of nitrogens with two attached hydrogens (primary N) is 1. The third-order valence-corrected chi connectivity index (χ3v) is 2.89. The third kappa shape index (κ3) is 3.20. The number of nitrogens with one attached hydrogen (secondary N) is 1. The fourth-order valence-electron chi connectivity index (χ4n) is 1.39. The van der Waals surface area contributed by atoms with Crippen molar-refractivity contribution in [2.45, 2.75) is 25.8 Å². The van der Waals surface area contributed by atoms with Crippen LogP contribution in [0.1, 0.15) is 20.3 Å². The standard InChI is InChI=1S/C13H21N3O/c1-5-13(2,14)12(17)15-10-8-6-7-9-11(10)16(3)4/h6-9H,5,14H2,1-4H3,(H,15,17). The average molecular weight is 235 g/mol. The van der Waals surface area contributed by atoms with E-state index < -0.39 is 5.54 Å². The minimum atomic E-state index is -0.834. The first kappa shape index (κ1) is 13.5. The molecule has 0 bridgehead atoms. The van der Waals surface area contributed by atoms with Crippen molar-refractivity contribution in [2.24, 2.45) is 5.73 Å². The van der Waals surface area contributed by atoms with Crippen molar-refractivity contribution in [3.8, 4) is 0 Å². The molecule has 1 amide bonds. The molecule has 0 aliphatic rings. The van der Waals surface area contributed by atoms with E-state index in [1.165, 1.54) is 0 Å². The highest BCUT2D eigenvalue weighted by molar-refractivity contribution is 6.00. The fourth-order valence-corrected chi connectivity index (χ4v) is 1.39. The maximum Gasteiger partial charge on any atom is 0.244 e. The predicted octanol–water partition coefficient (Wildman–Crippen LogP) is 1.82. The first-order valence-electron chi connectivity index (χ1n) is 5.75. The molecule has 94 valence electrons. The zero-order valence-corrected chi connectivity index (χ0v) is 10.9. The maximum atomic E-state index is 12.0. The second-order valence-corrected chi connectivity index (χ2v) is 4.64. The number of benzene rings is 1. The topological polar surface area (TPSA) is 58.4 Å². The van der Waals surface area contributed by atoms with Crippen molar-refractivity contribution in [1.29, 1.82) is 0 Å². The van der Waals surface area contributed by atoms with Gasteiger partial charge in [0, 0.05) is 14.1 Å². The van der Waals surface area contributed by atoms with Crippen molar-refractivity contribution in [1.82, 2.24) is 0 Å². The Balaban J connectivity index is 2.93. The van der Waals surface area contributed by atoms with Gasteiger partial charge in [-0.2, -0.15) is 0 Å². The minimum absolute atomic E-state index is 0.158. The van der Waals surface area contributed by atoms with Gasteiger partial charge in [0.15, 0.2) is 0 Å². The van der Waals surface area contributed by atoms with E-state index in [1.807, 2.05) is 50.2 Å². The number of hydrogen-bond acceptors (Lipinski definition) is 3. The molecule has 0 saturated heterocycles. The normalized spacial score (nSPS) is 13.9. The van der Waals surface area contributed by atoms with Gasteiger partial charge in [-0.1, -0.05) is 19.1 Å². The fraction of sp³-hybridized carbons (Fsp3) is 0.462. The second-order valence-electron chi connectivity index (χ2n) is 4.64. The lowest BCUT2D eigenvalue weighted by atomic mass is 9.99. The highest BCUT2D eigenvalue weighted by atomic mass is 16.2. The Hall–Kier alpha value is -1.55. The van der Waals surface area contributed by atoms with Gasteiger partial charge in [0.25, 0.3) is 0 Å². The molecule has 4 heteroatoms. The lowest BCUT2D eigenvalue weighted by Gasteiger charge is -2.24. The van der Waals surface area contributed by atoms with Crippen LogP contribution in [0.25, 0.3) is 0 Å². The zero-order valence-electron chi connectivity index (χ0n) is 10.9. The molecule has 0 aliphatic heterocycles. The van der Waals surface area contributed by atoms with Crippen LogP contribution in [0.3, 0.4) is 0 Å². The predicted molar refractivity (Wildman–Crippen MR) is 72.3 cm³/mol. The molecule has 1 atom stereocenters. The molecule has 1 rings (SSSR count). The van der Waals surface area contributed by atoms with Crippen LogP contribution in [-0.4, -0.2) is 25.5 Å². The van der Waals surface area contributed by atoms with E-state index in [2.05, 4.69) is 5.32 Å². The van der Waals surface area contributed by atoms with Crippen LogP contribution in [0.4, 0.5) is 11.4 Å². The minimum Gasteiger partial charge on any atom is -0.376 e. The van der Waals surface area contributed by atoms with Gasteiger partial charge in [-0.15, -0.1) is 0 Å². The number of carbonyl (C=O) groups excluding carboxylic acids is 1. The number of nitrogens with zero attached hydrogens (tertiary/aromatic N) is 1. The molecule has 4 nitrogen and oxygen atoms in total. The van der Waals surface area contributed by atoms with Crippen molar-refractivity contribution >= 4 is 17.3 Å². The van der Waals surface area contributed by atoms with Crippen molar-refractivity contribution in [3.05, 3.63) is 24.3 Å². The first-order chi connectivity index (χ1) is 7.88. The Kier molecular flexibility index (Phi) is 4.12. The quantitative estimate of drug-likeness (QED) is 0.837. The molecule has 0 spiro atoms. The molecule has 0 radical (unpaired) electrons. The number of carbonyl (C=O) groups is 1. The summed E-state index contributed by atoms with van der Waals surface area (Å²) in [4.78, 5) is 13.9. The van der Waals surface area contributed by atoms with Crippen LogP contribution in [-0.2, 0) is 4.79 Å². The third-order valence-electron chi connectivity index (χ3n) is 2.89. The highest BCUT2D eigenvalue weighted by Crippen LogP contribution is 2.24. The molecule has 0 fully saturated rings. The van der Waals surface area contributed by atoms with Crippen LogP contribution >= 0.6 is 0 Å². The summed E-state index contributed by atoms with van der Waals surface area (Å²) in [6.45, 7) is 3.64. The van der Waals surface area contributed by atoms with E-state index >= 15 is 0 Å². The van der Waals surface area contributed by atoms with E-state index in [9.17, 15) is 4.79 Å². The van der Waals surface area contributed by atoms with E-state index in [1.54, 1.807) is 6.92 Å². The summed E-state index contributed by atoms with van der Waals surface area (Å²) in [6, 6.07) is 7.66. The molecule has 17 heavy (non-hydrogen) atoms. The van der Waals surface area contributed by atoms with Crippen molar-refractivity contribution < 1.29 is 4.79 Å². The summed E-state index contributed by atoms with van der Waals surface area (Å²) in [5, 5.41) is 2.88. The highest BCUT2D eigenvalue weighted by Gasteiger charge is 2.26. The molecular formula is C13H21N3O. The average Bonchev–Trinajstić information content (AvgIpc) is 2.29. The van der Waals surface area contributed by atoms with E-state index in [-0.39, 0.29) is 5.91 Å². The largest absolute Gasteiger partial charge is 0.376 e. The molecular weight excluding hydrogens is 214 g/mol. The molecule has 1 aromatic rings. The van der Waals surface area contributed by atoms with Crippen LogP contribution < -0.4 is 16.0 Å². The number of amides is 1. The van der Waals surface area contributed by atoms with E-state index in [0.29, 0.717) is 6.42 Å². The SMILES string of the molecule is CCC(C)(N)C(=O)Nc1ccccc1N(C)C. The number of para-hydroxylation sites is 2. The molecule has 0 aromatic heterocycles. The van der Waals surface area contributed by atoms with Crippen molar-refractivity contribution in [2.75, 3.05) is 24.3 Å². The summed E-state index contributed by atoms with van der Waals surface area (Å²) >= 11 is 0. The summed E-state index contributed by atoms with van der Waals surface area (Å²) in [5.41, 5.74) is 6.82. The summed E-state index contributed by atoms with van der Waals surface area (Å²) in [7, 11) is 3.87. The Labute approximate surface area is 103 Å². The lowest BCUT2D eigenvalue weighted by Crippen LogP contribution is -2.47. The second kappa shape index (κ2) is 5.19. The van der Waals surface area contributed by atoms with Gasteiger partial charge in [-0.25, -0.2) is 0 Å². The van der Waals surface area contributed by atoms with Crippen molar-refractivity contribution in [3.63, 3.8) is 0 Å². The molecule has 0 aliphatic carbocycles. The smallest absolute Gasteiger partial charge is 0.244 e. The monoisotopic (exact) mass is 235 g/mol. The van der Waals surface area contributed by atoms with Crippen LogP contribution in [0, 0.1) is 0 Å². The lowest BCUT2D eigenvalue weighted by molar-refractivity contribution is -0.120. The molecule has 1 aromatic carbocycles. The molecule has 1 unspecified atom stereocenters. The molecule has 3 N–H and O–H groups in total. The first-order valence-corrected chi connectivity index (χ1v) is 5.75. The Morgan fingerprint density at radius 3 is 2.53 bits per heavy atom. The Morgan fingerprint density at radius 1 is 1.41 bits per heavy atom. The van der Waals surface area contributed by atoms with E-state index in [0.717, 1.165) is 11.4 Å². The van der Waals surface area contributed by atoms with Gasteiger partial charge in [0.2, 0.25) is 5.91 Å². The Bertz CT molecular complexity index is 399. The van der Waals surface area contributed by atoms with Crippen LogP contribution in [0.15, 0.2) is 24.3 Å². The van der Waals surface area contributed by atoms with Gasteiger partial charge in [0.05, 0.1) is 16.9 Å². The Morgan fingerprint density at radius 2 is 2.00 bits per heavy atom. The summed E-state index contributed by atoms with van der Waals surface area (Å²) < 4.78 is 0. The van der Waals surface area contributed by atoms with Gasteiger partial charge < -0.3 is 16.0 Å². The van der Waals surface area contributed by atoms with Crippen LogP contribution in [0.5, 0.6) is 0 Å². The maximum absolute atomic E-state index is 12.0. The van der Waals surface area contributed by atoms with Gasteiger partial charge >= 0.3 is 0 Å². The van der Waals surface area contributed by atoms with Crippen LogP contribution in [0.2, 0.25) is 0 Å². The van der Waals surface area contributed by atoms with Gasteiger partial charge in [0.1, 0.15) is 0 Å². The summed E-state index contributed by atoms with van der Waals surface area (Å²) in [6.07, 6.45) is 0.600. The molecule has 0 heterocycles. The van der Waals surface area contributed by atoms with Gasteiger partial charge in [-0.05, 0) is 25.5 Å². The van der Waals surface area contributed by atoms with Gasteiger partial charge in [-0.3, -0.25) is 4.79 Å².